The normalized spacial score (nSPS) is 45.9. The molecule has 1 unspecified atom stereocenters. The second-order valence-electron chi connectivity index (χ2n) is 6.14. The molecule has 4 saturated carbocycles. The molecule has 102 valence electrons. The molecular weight excluding hydrogens is 232 g/mol. The third kappa shape index (κ3) is 1.29. The Morgan fingerprint density at radius 3 is 2.50 bits per heavy atom. The van der Waals surface area contributed by atoms with E-state index in [-0.39, 0.29) is 23.2 Å². The van der Waals surface area contributed by atoms with Crippen molar-refractivity contribution in [1.82, 2.24) is 0 Å². The molecule has 1 spiro atoms. The number of rotatable bonds is 2. The zero-order valence-electron chi connectivity index (χ0n) is 11.1. The molecule has 1 N–H and O–H groups in total. The zero-order valence-corrected chi connectivity index (χ0v) is 11.1. The van der Waals surface area contributed by atoms with Gasteiger partial charge in [-0.15, -0.1) is 0 Å². The van der Waals surface area contributed by atoms with Crippen LogP contribution in [-0.4, -0.2) is 37.0 Å². The van der Waals surface area contributed by atoms with E-state index in [9.17, 15) is 9.90 Å². The lowest BCUT2D eigenvalue weighted by molar-refractivity contribution is -0.310. The predicted octanol–water partition coefficient (Wildman–Crippen LogP) is 1.51. The number of methoxy groups -OCH3 is 2. The SMILES string of the molecule is COC1(OC)C(=O)[C@H]2CC[C@@]13CC[C@H](O)CC3C2. The minimum Gasteiger partial charge on any atom is -0.393 e. The first-order valence-electron chi connectivity index (χ1n) is 6.92. The molecule has 0 aromatic heterocycles. The van der Waals surface area contributed by atoms with Crippen LogP contribution >= 0.6 is 0 Å². The summed E-state index contributed by atoms with van der Waals surface area (Å²) in [5, 5.41) is 9.89. The van der Waals surface area contributed by atoms with Crippen LogP contribution in [0, 0.1) is 17.3 Å². The zero-order chi connectivity index (χ0) is 13.0. The lowest BCUT2D eigenvalue weighted by atomic mass is 9.47. The minimum atomic E-state index is -1.06. The van der Waals surface area contributed by atoms with Crippen molar-refractivity contribution in [3.63, 3.8) is 0 Å². The van der Waals surface area contributed by atoms with Crippen LogP contribution in [0.1, 0.15) is 38.5 Å². The van der Waals surface area contributed by atoms with E-state index in [0.717, 1.165) is 38.5 Å². The van der Waals surface area contributed by atoms with Crippen molar-refractivity contribution in [1.29, 1.82) is 0 Å². The van der Waals surface area contributed by atoms with Crippen LogP contribution in [0.4, 0.5) is 0 Å². The molecule has 4 heteroatoms. The van der Waals surface area contributed by atoms with E-state index in [4.69, 9.17) is 9.47 Å². The number of carbonyl (C=O) groups excluding carboxylic acids is 1. The monoisotopic (exact) mass is 254 g/mol. The highest BCUT2D eigenvalue weighted by Crippen LogP contribution is 2.63. The van der Waals surface area contributed by atoms with Gasteiger partial charge in [0.15, 0.2) is 5.78 Å². The second-order valence-corrected chi connectivity index (χ2v) is 6.14. The molecule has 4 aliphatic carbocycles. The standard InChI is InChI=1S/C14H22O4/c1-17-14(18-2)12(16)9-3-5-13(14)6-4-11(15)8-10(13)7-9/h9-11,15H,3-8H2,1-2H3/t9-,10?,11-,13-/m0/s1. The van der Waals surface area contributed by atoms with Gasteiger partial charge in [0.25, 0.3) is 0 Å². The number of hydrogen-bond acceptors (Lipinski definition) is 4. The lowest BCUT2D eigenvalue weighted by Gasteiger charge is -2.62. The minimum absolute atomic E-state index is 0.0575. The third-order valence-corrected chi connectivity index (χ3v) is 5.70. The van der Waals surface area contributed by atoms with E-state index < -0.39 is 5.79 Å². The lowest BCUT2D eigenvalue weighted by Crippen LogP contribution is -2.69. The van der Waals surface area contributed by atoms with E-state index >= 15 is 0 Å². The van der Waals surface area contributed by atoms with Crippen molar-refractivity contribution < 1.29 is 19.4 Å². The molecule has 4 fully saturated rings. The van der Waals surface area contributed by atoms with Crippen LogP contribution < -0.4 is 0 Å². The average molecular weight is 254 g/mol. The van der Waals surface area contributed by atoms with Crippen LogP contribution in [-0.2, 0) is 14.3 Å². The van der Waals surface area contributed by atoms with Crippen molar-refractivity contribution in [3.05, 3.63) is 0 Å². The number of hydrogen-bond donors (Lipinski definition) is 1. The summed E-state index contributed by atoms with van der Waals surface area (Å²) < 4.78 is 11.2. The molecular formula is C14H22O4. The van der Waals surface area contributed by atoms with Gasteiger partial charge in [-0.1, -0.05) is 0 Å². The summed E-state index contributed by atoms with van der Waals surface area (Å²) in [6, 6.07) is 0. The van der Waals surface area contributed by atoms with Gasteiger partial charge in [0.2, 0.25) is 5.79 Å². The first-order valence-corrected chi connectivity index (χ1v) is 6.92. The van der Waals surface area contributed by atoms with Gasteiger partial charge in [-0.2, -0.15) is 0 Å². The van der Waals surface area contributed by atoms with E-state index in [2.05, 4.69) is 0 Å². The Kier molecular flexibility index (Phi) is 2.81. The number of Topliss-reactive ketones (excluding diaryl/α,β-unsaturated/α-hetero) is 1. The number of carbonyl (C=O) groups is 1. The van der Waals surface area contributed by atoms with E-state index in [1.807, 2.05) is 0 Å². The molecule has 0 heterocycles. The van der Waals surface area contributed by atoms with Crippen LogP contribution in [0.2, 0.25) is 0 Å². The van der Waals surface area contributed by atoms with Crippen molar-refractivity contribution >= 4 is 5.78 Å². The van der Waals surface area contributed by atoms with Crippen molar-refractivity contribution in [2.45, 2.75) is 50.4 Å². The molecule has 18 heavy (non-hydrogen) atoms. The summed E-state index contributed by atoms with van der Waals surface area (Å²) in [7, 11) is 3.16. The number of ether oxygens (including phenoxy) is 2. The predicted molar refractivity (Wildman–Crippen MR) is 64.9 cm³/mol. The summed E-state index contributed by atoms with van der Waals surface area (Å²) in [6.45, 7) is 0. The Morgan fingerprint density at radius 1 is 1.17 bits per heavy atom. The van der Waals surface area contributed by atoms with Gasteiger partial charge < -0.3 is 14.6 Å². The molecule has 0 aliphatic heterocycles. The maximum atomic E-state index is 12.6. The van der Waals surface area contributed by atoms with E-state index in [1.165, 1.54) is 0 Å². The van der Waals surface area contributed by atoms with Gasteiger partial charge in [0.05, 0.1) is 6.10 Å². The molecule has 2 bridgehead atoms. The topological polar surface area (TPSA) is 55.8 Å². The molecule has 4 nitrogen and oxygen atoms in total. The van der Waals surface area contributed by atoms with E-state index in [0.29, 0.717) is 5.92 Å². The van der Waals surface area contributed by atoms with Gasteiger partial charge in [-0.25, -0.2) is 0 Å². The number of aliphatic hydroxyl groups excluding tert-OH is 1. The quantitative estimate of drug-likeness (QED) is 0.759. The number of ketones is 1. The summed E-state index contributed by atoms with van der Waals surface area (Å²) in [5.74, 6) is -0.509. The van der Waals surface area contributed by atoms with Gasteiger partial charge in [-0.05, 0) is 44.4 Å². The molecule has 0 radical (unpaired) electrons. The Bertz CT molecular complexity index is 363. The van der Waals surface area contributed by atoms with Gasteiger partial charge in [-0.3, -0.25) is 4.79 Å². The highest BCUT2D eigenvalue weighted by molar-refractivity contribution is 5.91. The summed E-state index contributed by atoms with van der Waals surface area (Å²) >= 11 is 0. The Balaban J connectivity index is 2.06. The van der Waals surface area contributed by atoms with Gasteiger partial charge in [0, 0.05) is 25.6 Å². The van der Waals surface area contributed by atoms with Crippen LogP contribution in [0.25, 0.3) is 0 Å². The van der Waals surface area contributed by atoms with Crippen molar-refractivity contribution in [2.75, 3.05) is 14.2 Å². The van der Waals surface area contributed by atoms with Crippen LogP contribution in [0.3, 0.4) is 0 Å². The number of aliphatic hydroxyl groups is 1. The maximum absolute atomic E-state index is 12.6. The average Bonchev–Trinajstić information content (AvgIpc) is 2.39. The fraction of sp³-hybridized carbons (Fsp3) is 0.929. The molecule has 0 aromatic rings. The smallest absolute Gasteiger partial charge is 0.234 e. The Morgan fingerprint density at radius 2 is 1.83 bits per heavy atom. The molecule has 0 aromatic carbocycles. The van der Waals surface area contributed by atoms with Gasteiger partial charge in [0.1, 0.15) is 0 Å². The molecule has 4 atom stereocenters. The molecule has 4 rings (SSSR count). The molecule has 0 amide bonds. The fourth-order valence-electron chi connectivity index (χ4n) is 4.89. The Hall–Kier alpha value is -0.450. The summed E-state index contributed by atoms with van der Waals surface area (Å²) in [5.41, 5.74) is -0.207. The largest absolute Gasteiger partial charge is 0.393 e. The first kappa shape index (κ1) is 12.6. The highest BCUT2D eigenvalue weighted by Gasteiger charge is 2.69. The number of fused-ring (bicyclic) bond motifs is 2. The first-order chi connectivity index (χ1) is 8.59. The third-order valence-electron chi connectivity index (χ3n) is 5.70. The van der Waals surface area contributed by atoms with Gasteiger partial charge >= 0.3 is 0 Å². The molecule has 0 saturated heterocycles. The second kappa shape index (κ2) is 4.02. The summed E-state index contributed by atoms with van der Waals surface area (Å²) in [4.78, 5) is 12.6. The highest BCUT2D eigenvalue weighted by atomic mass is 16.7. The van der Waals surface area contributed by atoms with Crippen molar-refractivity contribution in [2.24, 2.45) is 17.3 Å². The van der Waals surface area contributed by atoms with E-state index in [1.54, 1.807) is 14.2 Å². The molecule has 4 aliphatic rings. The van der Waals surface area contributed by atoms with Crippen LogP contribution in [0.5, 0.6) is 0 Å². The summed E-state index contributed by atoms with van der Waals surface area (Å²) in [6.07, 6.45) is 5.01. The van der Waals surface area contributed by atoms with Crippen LogP contribution in [0.15, 0.2) is 0 Å². The van der Waals surface area contributed by atoms with Crippen molar-refractivity contribution in [3.8, 4) is 0 Å². The Labute approximate surface area is 108 Å². The fourth-order valence-corrected chi connectivity index (χ4v) is 4.89. The maximum Gasteiger partial charge on any atom is 0.234 e.